The average molecular weight is 340 g/mol. The van der Waals surface area contributed by atoms with Crippen molar-refractivity contribution in [3.05, 3.63) is 63.5 Å². The Hall–Kier alpha value is -2.40. The molecule has 1 saturated heterocycles. The van der Waals surface area contributed by atoms with E-state index in [-0.39, 0.29) is 11.8 Å². The molecule has 2 heterocycles. The smallest absolute Gasteiger partial charge is 0.270 e. The molecular weight excluding hydrogens is 320 g/mol. The van der Waals surface area contributed by atoms with Crippen LogP contribution in [0.5, 0.6) is 0 Å². The molecule has 4 nitrogen and oxygen atoms in total. The van der Waals surface area contributed by atoms with Crippen molar-refractivity contribution < 1.29 is 9.59 Å². The molecule has 1 aliphatic heterocycles. The van der Waals surface area contributed by atoms with Gasteiger partial charge in [0.25, 0.3) is 11.8 Å². The van der Waals surface area contributed by atoms with Gasteiger partial charge in [0.05, 0.1) is 0 Å². The summed E-state index contributed by atoms with van der Waals surface area (Å²) in [5.74, 6) is -0.369. The van der Waals surface area contributed by atoms with Gasteiger partial charge in [0.2, 0.25) is 0 Å². The van der Waals surface area contributed by atoms with Gasteiger partial charge >= 0.3 is 0 Å². The first-order chi connectivity index (χ1) is 11.6. The molecule has 0 aliphatic carbocycles. The third-order valence-electron chi connectivity index (χ3n) is 4.02. The zero-order valence-electron chi connectivity index (χ0n) is 13.6. The van der Waals surface area contributed by atoms with E-state index in [2.05, 4.69) is 5.32 Å². The van der Waals surface area contributed by atoms with E-state index in [1.807, 2.05) is 36.6 Å². The highest BCUT2D eigenvalue weighted by Gasteiger charge is 2.23. The van der Waals surface area contributed by atoms with E-state index in [0.29, 0.717) is 11.3 Å². The van der Waals surface area contributed by atoms with Crippen LogP contribution in [0.1, 0.15) is 33.6 Å². The Morgan fingerprint density at radius 1 is 1.12 bits per heavy atom. The number of nitrogens with one attached hydrogen (secondary N) is 1. The van der Waals surface area contributed by atoms with E-state index < -0.39 is 0 Å². The second-order valence-electron chi connectivity index (χ2n) is 5.89. The zero-order chi connectivity index (χ0) is 16.9. The van der Waals surface area contributed by atoms with Gasteiger partial charge in [-0.2, -0.15) is 0 Å². The van der Waals surface area contributed by atoms with Crippen molar-refractivity contribution in [2.75, 3.05) is 13.1 Å². The number of benzene rings is 1. The molecule has 0 saturated carbocycles. The minimum absolute atomic E-state index is 0.110. The van der Waals surface area contributed by atoms with Gasteiger partial charge in [-0.25, -0.2) is 0 Å². The number of hydrogen-bond acceptors (Lipinski definition) is 3. The molecule has 0 atom stereocenters. The lowest BCUT2D eigenvalue weighted by Crippen LogP contribution is -2.36. The summed E-state index contributed by atoms with van der Waals surface area (Å²) in [5.41, 5.74) is 1.98. The van der Waals surface area contributed by atoms with Crippen molar-refractivity contribution in [3.8, 4) is 0 Å². The van der Waals surface area contributed by atoms with Crippen LogP contribution >= 0.6 is 11.3 Å². The Morgan fingerprint density at radius 2 is 1.83 bits per heavy atom. The van der Waals surface area contributed by atoms with Crippen LogP contribution in [0.3, 0.4) is 0 Å². The maximum Gasteiger partial charge on any atom is 0.270 e. The average Bonchev–Trinajstić information content (AvgIpc) is 3.28. The van der Waals surface area contributed by atoms with E-state index in [1.165, 1.54) is 11.3 Å². The number of aryl methyl sites for hydroxylation is 1. The fraction of sp³-hybridized carbons (Fsp3) is 0.263. The van der Waals surface area contributed by atoms with Crippen LogP contribution in [0.4, 0.5) is 0 Å². The van der Waals surface area contributed by atoms with Gasteiger partial charge in [0.1, 0.15) is 5.70 Å². The third-order valence-corrected chi connectivity index (χ3v) is 4.83. The predicted molar refractivity (Wildman–Crippen MR) is 96.8 cm³/mol. The molecule has 1 aliphatic rings. The summed E-state index contributed by atoms with van der Waals surface area (Å²) < 4.78 is 0. The summed E-state index contributed by atoms with van der Waals surface area (Å²) in [6.45, 7) is 3.47. The molecule has 2 amide bonds. The van der Waals surface area contributed by atoms with E-state index in [1.54, 1.807) is 23.1 Å². The van der Waals surface area contributed by atoms with Crippen molar-refractivity contribution in [1.29, 1.82) is 0 Å². The highest BCUT2D eigenvalue weighted by atomic mass is 32.1. The Kier molecular flexibility index (Phi) is 5.11. The van der Waals surface area contributed by atoms with E-state index >= 15 is 0 Å². The van der Waals surface area contributed by atoms with E-state index in [4.69, 9.17) is 0 Å². The molecule has 2 aromatic rings. The Labute approximate surface area is 145 Å². The zero-order valence-corrected chi connectivity index (χ0v) is 14.4. The van der Waals surface area contributed by atoms with E-state index in [0.717, 1.165) is 36.4 Å². The van der Waals surface area contributed by atoms with Gasteiger partial charge < -0.3 is 10.2 Å². The Balaban J connectivity index is 1.82. The van der Waals surface area contributed by atoms with Crippen molar-refractivity contribution >= 4 is 29.2 Å². The first-order valence-corrected chi connectivity index (χ1v) is 8.94. The number of carbonyl (C=O) groups excluding carboxylic acids is 2. The van der Waals surface area contributed by atoms with Crippen molar-refractivity contribution in [2.24, 2.45) is 0 Å². The van der Waals surface area contributed by atoms with Gasteiger partial charge in [0, 0.05) is 23.5 Å². The molecule has 1 fully saturated rings. The molecule has 124 valence electrons. The standard InChI is InChI=1S/C19H20N2O2S/c1-14-6-8-15(9-7-14)18(22)20-17(13-16-5-4-12-24-16)19(23)21-10-2-3-11-21/h4-9,12-13H,2-3,10-11H2,1H3,(H,20,22)/b17-13+. The third kappa shape index (κ3) is 3.92. The molecule has 3 rings (SSSR count). The molecule has 5 heteroatoms. The topological polar surface area (TPSA) is 49.4 Å². The van der Waals surface area contributed by atoms with Gasteiger partial charge in [-0.3, -0.25) is 9.59 Å². The summed E-state index contributed by atoms with van der Waals surface area (Å²) in [5, 5.41) is 4.76. The van der Waals surface area contributed by atoms with Crippen LogP contribution in [-0.2, 0) is 4.79 Å². The summed E-state index contributed by atoms with van der Waals surface area (Å²) in [6, 6.07) is 11.2. The van der Waals surface area contributed by atoms with Crippen molar-refractivity contribution in [3.63, 3.8) is 0 Å². The number of hydrogen-bond donors (Lipinski definition) is 1. The largest absolute Gasteiger partial charge is 0.337 e. The predicted octanol–water partition coefficient (Wildman–Crippen LogP) is 3.45. The molecular formula is C19H20N2O2S. The first-order valence-electron chi connectivity index (χ1n) is 8.06. The minimum Gasteiger partial charge on any atom is -0.337 e. The maximum atomic E-state index is 12.7. The molecule has 0 unspecified atom stereocenters. The van der Waals surface area contributed by atoms with Gasteiger partial charge in [-0.05, 0) is 49.4 Å². The van der Waals surface area contributed by atoms with Crippen molar-refractivity contribution in [2.45, 2.75) is 19.8 Å². The summed E-state index contributed by atoms with van der Waals surface area (Å²) in [6.07, 6.45) is 3.80. The van der Waals surface area contributed by atoms with Crippen LogP contribution in [0.2, 0.25) is 0 Å². The van der Waals surface area contributed by atoms with Gasteiger partial charge in [-0.15, -0.1) is 11.3 Å². The lowest BCUT2D eigenvalue weighted by Gasteiger charge is -2.18. The molecule has 1 aromatic heterocycles. The molecule has 0 radical (unpaired) electrons. The number of thiophene rings is 1. The van der Waals surface area contributed by atoms with Crippen LogP contribution in [0, 0.1) is 6.92 Å². The van der Waals surface area contributed by atoms with E-state index in [9.17, 15) is 9.59 Å². The second kappa shape index (κ2) is 7.45. The Bertz CT molecular complexity index is 742. The molecule has 24 heavy (non-hydrogen) atoms. The van der Waals surface area contributed by atoms with Crippen LogP contribution in [0.15, 0.2) is 47.5 Å². The number of rotatable bonds is 4. The monoisotopic (exact) mass is 340 g/mol. The van der Waals surface area contributed by atoms with Crippen molar-refractivity contribution in [1.82, 2.24) is 10.2 Å². The molecule has 1 aromatic carbocycles. The highest BCUT2D eigenvalue weighted by Crippen LogP contribution is 2.17. The number of nitrogens with zero attached hydrogens (tertiary/aromatic N) is 1. The Morgan fingerprint density at radius 3 is 2.46 bits per heavy atom. The number of amides is 2. The fourth-order valence-corrected chi connectivity index (χ4v) is 3.31. The quantitative estimate of drug-likeness (QED) is 0.867. The minimum atomic E-state index is -0.259. The van der Waals surface area contributed by atoms with Crippen LogP contribution in [0.25, 0.3) is 6.08 Å². The van der Waals surface area contributed by atoms with Gasteiger partial charge in [0.15, 0.2) is 0 Å². The summed E-state index contributed by atoms with van der Waals surface area (Å²) >= 11 is 1.54. The molecule has 0 bridgehead atoms. The van der Waals surface area contributed by atoms with Crippen LogP contribution < -0.4 is 5.32 Å². The second-order valence-corrected chi connectivity index (χ2v) is 6.87. The summed E-state index contributed by atoms with van der Waals surface area (Å²) in [7, 11) is 0. The normalized spacial score (nSPS) is 14.7. The SMILES string of the molecule is Cc1ccc(C(=O)N/C(=C/c2cccs2)C(=O)N2CCCC2)cc1. The number of carbonyl (C=O) groups is 2. The molecule has 1 N–H and O–H groups in total. The maximum absolute atomic E-state index is 12.7. The molecule has 0 spiro atoms. The lowest BCUT2D eigenvalue weighted by atomic mass is 10.1. The number of likely N-dealkylation sites (tertiary alicyclic amines) is 1. The lowest BCUT2D eigenvalue weighted by molar-refractivity contribution is -0.126. The summed E-state index contributed by atoms with van der Waals surface area (Å²) in [4.78, 5) is 28.0. The fourth-order valence-electron chi connectivity index (χ4n) is 2.66. The highest BCUT2D eigenvalue weighted by molar-refractivity contribution is 7.10. The van der Waals surface area contributed by atoms with Crippen LogP contribution in [-0.4, -0.2) is 29.8 Å². The first kappa shape index (κ1) is 16.5. The van der Waals surface area contributed by atoms with Gasteiger partial charge in [-0.1, -0.05) is 23.8 Å².